The Morgan fingerprint density at radius 2 is 2.29 bits per heavy atom. The minimum Gasteiger partial charge on any atom is -0.354 e. The minimum absolute atomic E-state index is 0.684. The standard InChI is InChI=1S/C8H11N5S/c1-5-7(11-4-10-5)3-9-8-13-12-6(2)14-8/h4H,3H2,1-2H3,(H,9,13)(H,10,11). The molecular formula is C8H11N5S. The first-order valence-corrected chi connectivity index (χ1v) is 5.10. The Labute approximate surface area is 85.6 Å². The van der Waals surface area contributed by atoms with Gasteiger partial charge >= 0.3 is 0 Å². The SMILES string of the molecule is Cc1nnc(NCc2nc[nH]c2C)s1. The van der Waals surface area contributed by atoms with Crippen molar-refractivity contribution < 1.29 is 0 Å². The van der Waals surface area contributed by atoms with Crippen molar-refractivity contribution in [2.45, 2.75) is 20.4 Å². The van der Waals surface area contributed by atoms with Crippen LogP contribution < -0.4 is 5.32 Å². The van der Waals surface area contributed by atoms with E-state index in [0.717, 1.165) is 21.5 Å². The molecule has 0 atom stereocenters. The fourth-order valence-corrected chi connectivity index (χ4v) is 1.68. The summed E-state index contributed by atoms with van der Waals surface area (Å²) in [6.07, 6.45) is 1.69. The maximum atomic E-state index is 4.18. The summed E-state index contributed by atoms with van der Waals surface area (Å²) in [5.74, 6) is 0. The van der Waals surface area contributed by atoms with Crippen LogP contribution in [0.1, 0.15) is 16.4 Å². The van der Waals surface area contributed by atoms with Crippen LogP contribution in [0.15, 0.2) is 6.33 Å². The van der Waals surface area contributed by atoms with E-state index in [0.29, 0.717) is 6.54 Å². The lowest BCUT2D eigenvalue weighted by atomic mass is 10.3. The van der Waals surface area contributed by atoms with Crippen LogP contribution in [0.5, 0.6) is 0 Å². The van der Waals surface area contributed by atoms with Gasteiger partial charge in [-0.05, 0) is 13.8 Å². The first kappa shape index (κ1) is 9.14. The first-order valence-electron chi connectivity index (χ1n) is 4.28. The molecule has 14 heavy (non-hydrogen) atoms. The topological polar surface area (TPSA) is 66.5 Å². The fraction of sp³-hybridized carbons (Fsp3) is 0.375. The van der Waals surface area contributed by atoms with Gasteiger partial charge in [0.25, 0.3) is 0 Å². The number of nitrogens with zero attached hydrogens (tertiary/aromatic N) is 3. The Kier molecular flexibility index (Phi) is 2.45. The lowest BCUT2D eigenvalue weighted by molar-refractivity contribution is 1.00. The number of hydrogen-bond acceptors (Lipinski definition) is 5. The highest BCUT2D eigenvalue weighted by atomic mass is 32.1. The van der Waals surface area contributed by atoms with Crippen LogP contribution in [0.4, 0.5) is 5.13 Å². The Bertz CT molecular complexity index is 419. The third kappa shape index (κ3) is 1.90. The van der Waals surface area contributed by atoms with Gasteiger partial charge in [-0.2, -0.15) is 0 Å². The summed E-state index contributed by atoms with van der Waals surface area (Å²) in [4.78, 5) is 7.20. The Hall–Kier alpha value is -1.43. The van der Waals surface area contributed by atoms with E-state index >= 15 is 0 Å². The number of aryl methyl sites for hydroxylation is 2. The molecule has 2 N–H and O–H groups in total. The third-order valence-electron chi connectivity index (χ3n) is 1.87. The Balaban J connectivity index is 1.98. The zero-order valence-corrected chi connectivity index (χ0v) is 8.85. The number of aromatic amines is 1. The monoisotopic (exact) mass is 209 g/mol. The molecule has 0 aliphatic heterocycles. The van der Waals surface area contributed by atoms with E-state index in [2.05, 4.69) is 25.5 Å². The fourth-order valence-electron chi connectivity index (χ4n) is 1.09. The molecule has 0 unspecified atom stereocenters. The summed E-state index contributed by atoms with van der Waals surface area (Å²) in [5, 5.41) is 12.9. The molecular weight excluding hydrogens is 198 g/mol. The van der Waals surface area contributed by atoms with E-state index in [1.165, 1.54) is 0 Å². The number of anilines is 1. The van der Waals surface area contributed by atoms with Crippen LogP contribution in [-0.4, -0.2) is 20.2 Å². The van der Waals surface area contributed by atoms with Crippen molar-refractivity contribution in [3.8, 4) is 0 Å². The largest absolute Gasteiger partial charge is 0.354 e. The van der Waals surface area contributed by atoms with Gasteiger partial charge in [0, 0.05) is 5.69 Å². The maximum Gasteiger partial charge on any atom is 0.205 e. The number of rotatable bonds is 3. The summed E-state index contributed by atoms with van der Waals surface area (Å²) in [6, 6.07) is 0. The molecule has 74 valence electrons. The summed E-state index contributed by atoms with van der Waals surface area (Å²) in [7, 11) is 0. The van der Waals surface area contributed by atoms with Gasteiger partial charge in [0.15, 0.2) is 0 Å². The lowest BCUT2D eigenvalue weighted by Gasteiger charge is -1.98. The van der Waals surface area contributed by atoms with Gasteiger partial charge in [-0.3, -0.25) is 0 Å². The average Bonchev–Trinajstić information content (AvgIpc) is 2.72. The molecule has 0 aliphatic rings. The lowest BCUT2D eigenvalue weighted by Crippen LogP contribution is -2.00. The molecule has 0 spiro atoms. The summed E-state index contributed by atoms with van der Waals surface area (Å²) >= 11 is 1.54. The second kappa shape index (κ2) is 3.75. The van der Waals surface area contributed by atoms with Crippen molar-refractivity contribution >= 4 is 16.5 Å². The van der Waals surface area contributed by atoms with Crippen molar-refractivity contribution in [3.63, 3.8) is 0 Å². The van der Waals surface area contributed by atoms with E-state index in [-0.39, 0.29) is 0 Å². The van der Waals surface area contributed by atoms with Crippen LogP contribution in [-0.2, 0) is 6.54 Å². The Morgan fingerprint density at radius 3 is 2.86 bits per heavy atom. The van der Waals surface area contributed by atoms with Crippen molar-refractivity contribution in [3.05, 3.63) is 22.7 Å². The quantitative estimate of drug-likeness (QED) is 0.803. The molecule has 2 heterocycles. The van der Waals surface area contributed by atoms with Gasteiger partial charge in [-0.15, -0.1) is 10.2 Å². The molecule has 0 aliphatic carbocycles. The van der Waals surface area contributed by atoms with E-state index in [9.17, 15) is 0 Å². The van der Waals surface area contributed by atoms with E-state index in [4.69, 9.17) is 0 Å². The number of hydrogen-bond donors (Lipinski definition) is 2. The van der Waals surface area contributed by atoms with E-state index in [1.54, 1.807) is 17.7 Å². The van der Waals surface area contributed by atoms with Crippen LogP contribution in [0.2, 0.25) is 0 Å². The van der Waals surface area contributed by atoms with Crippen molar-refractivity contribution in [2.75, 3.05) is 5.32 Å². The zero-order chi connectivity index (χ0) is 9.97. The number of aromatic nitrogens is 4. The van der Waals surface area contributed by atoms with Crippen LogP contribution in [0.3, 0.4) is 0 Å². The number of nitrogens with one attached hydrogen (secondary N) is 2. The highest BCUT2D eigenvalue weighted by Crippen LogP contribution is 2.14. The summed E-state index contributed by atoms with van der Waals surface area (Å²) < 4.78 is 0. The molecule has 0 saturated carbocycles. The molecule has 6 heteroatoms. The van der Waals surface area contributed by atoms with Crippen molar-refractivity contribution in [1.82, 2.24) is 20.2 Å². The summed E-state index contributed by atoms with van der Waals surface area (Å²) in [6.45, 7) is 4.61. The predicted octanol–water partition coefficient (Wildman–Crippen LogP) is 1.49. The molecule has 5 nitrogen and oxygen atoms in total. The second-order valence-corrected chi connectivity index (χ2v) is 4.14. The van der Waals surface area contributed by atoms with Gasteiger partial charge < -0.3 is 10.3 Å². The molecule has 0 bridgehead atoms. The third-order valence-corrected chi connectivity index (χ3v) is 2.66. The van der Waals surface area contributed by atoms with Gasteiger partial charge in [0.05, 0.1) is 18.6 Å². The van der Waals surface area contributed by atoms with Crippen LogP contribution in [0.25, 0.3) is 0 Å². The molecule has 0 radical (unpaired) electrons. The molecule has 2 aromatic heterocycles. The number of imidazole rings is 1. The van der Waals surface area contributed by atoms with Gasteiger partial charge in [-0.25, -0.2) is 4.98 Å². The average molecular weight is 209 g/mol. The molecule has 2 rings (SSSR count). The van der Waals surface area contributed by atoms with Gasteiger partial charge in [0.2, 0.25) is 5.13 Å². The second-order valence-electron chi connectivity index (χ2n) is 2.95. The van der Waals surface area contributed by atoms with Crippen molar-refractivity contribution in [1.29, 1.82) is 0 Å². The normalized spacial score (nSPS) is 10.4. The summed E-state index contributed by atoms with van der Waals surface area (Å²) in [5.41, 5.74) is 2.09. The van der Waals surface area contributed by atoms with E-state index < -0.39 is 0 Å². The zero-order valence-electron chi connectivity index (χ0n) is 8.03. The van der Waals surface area contributed by atoms with Crippen LogP contribution >= 0.6 is 11.3 Å². The highest BCUT2D eigenvalue weighted by Gasteiger charge is 2.02. The molecule has 0 fully saturated rings. The first-order chi connectivity index (χ1) is 6.75. The number of H-pyrrole nitrogens is 1. The predicted molar refractivity (Wildman–Crippen MR) is 55.3 cm³/mol. The molecule has 2 aromatic rings. The molecule has 0 saturated heterocycles. The minimum atomic E-state index is 0.684. The van der Waals surface area contributed by atoms with Gasteiger partial charge in [-0.1, -0.05) is 11.3 Å². The van der Waals surface area contributed by atoms with Crippen LogP contribution in [0, 0.1) is 13.8 Å². The van der Waals surface area contributed by atoms with E-state index in [1.807, 2.05) is 13.8 Å². The maximum absolute atomic E-state index is 4.18. The molecule has 0 amide bonds. The molecule has 0 aromatic carbocycles. The Morgan fingerprint density at radius 1 is 1.43 bits per heavy atom. The van der Waals surface area contributed by atoms with Crippen molar-refractivity contribution in [2.24, 2.45) is 0 Å². The van der Waals surface area contributed by atoms with Gasteiger partial charge in [0.1, 0.15) is 5.01 Å². The smallest absolute Gasteiger partial charge is 0.205 e. The highest BCUT2D eigenvalue weighted by molar-refractivity contribution is 7.15.